The second kappa shape index (κ2) is 7.48. The van der Waals surface area contributed by atoms with Crippen LogP contribution >= 0.6 is 11.6 Å². The van der Waals surface area contributed by atoms with Gasteiger partial charge < -0.3 is 10.2 Å². The van der Waals surface area contributed by atoms with E-state index in [1.807, 2.05) is 0 Å². The molecule has 1 aromatic carbocycles. The van der Waals surface area contributed by atoms with E-state index >= 15 is 0 Å². The maximum absolute atomic E-state index is 13.8. The molecule has 27 heavy (non-hydrogen) atoms. The third kappa shape index (κ3) is 3.44. The van der Waals surface area contributed by atoms with Gasteiger partial charge in [0.05, 0.1) is 28.7 Å². The molecule has 1 saturated heterocycles. The van der Waals surface area contributed by atoms with E-state index in [9.17, 15) is 9.18 Å². The quantitative estimate of drug-likeness (QED) is 0.727. The third-order valence-electron chi connectivity index (χ3n) is 4.62. The number of halogens is 2. The van der Waals surface area contributed by atoms with Crippen molar-refractivity contribution in [1.82, 2.24) is 25.1 Å². The highest BCUT2D eigenvalue weighted by molar-refractivity contribution is 6.33. The summed E-state index contributed by atoms with van der Waals surface area (Å²) in [5.41, 5.74) is 0.563. The number of fused-ring (bicyclic) bond motifs is 1. The lowest BCUT2D eigenvalue weighted by Gasteiger charge is -2.16. The lowest BCUT2D eigenvalue weighted by molar-refractivity contribution is 0.0948. The Bertz CT molecular complexity index is 965. The summed E-state index contributed by atoms with van der Waals surface area (Å²) in [6, 6.07) is 4.15. The Hall–Kier alpha value is -2.74. The molecule has 0 atom stereocenters. The summed E-state index contributed by atoms with van der Waals surface area (Å²) in [6.45, 7) is 2.63. The van der Waals surface area contributed by atoms with E-state index in [1.54, 1.807) is 10.9 Å². The molecule has 0 unspecified atom stereocenters. The number of carbonyl (C=O) groups is 1. The number of nitrogens with zero attached hydrogens (tertiary/aromatic N) is 5. The molecule has 3 heterocycles. The molecule has 1 N–H and O–H groups in total. The molecule has 0 spiro atoms. The van der Waals surface area contributed by atoms with Crippen LogP contribution in [0.2, 0.25) is 5.02 Å². The molecule has 1 aliphatic heterocycles. The molecule has 0 aliphatic carbocycles. The third-order valence-corrected chi connectivity index (χ3v) is 4.93. The van der Waals surface area contributed by atoms with Crippen LogP contribution in [0.25, 0.3) is 11.0 Å². The highest BCUT2D eigenvalue weighted by Gasteiger charge is 2.19. The number of rotatable bonds is 5. The van der Waals surface area contributed by atoms with Crippen molar-refractivity contribution in [2.24, 2.45) is 0 Å². The number of benzene rings is 1. The second-order valence-corrected chi connectivity index (χ2v) is 6.76. The average Bonchev–Trinajstić information content (AvgIpc) is 3.31. The first kappa shape index (κ1) is 17.7. The summed E-state index contributed by atoms with van der Waals surface area (Å²) in [7, 11) is 0. The zero-order chi connectivity index (χ0) is 18.8. The van der Waals surface area contributed by atoms with Crippen LogP contribution in [0, 0.1) is 5.82 Å². The highest BCUT2D eigenvalue weighted by Crippen LogP contribution is 2.25. The van der Waals surface area contributed by atoms with Crippen molar-refractivity contribution < 1.29 is 9.18 Å². The van der Waals surface area contributed by atoms with Gasteiger partial charge in [-0.15, -0.1) is 0 Å². The minimum absolute atomic E-state index is 0.0834. The lowest BCUT2D eigenvalue weighted by Crippen LogP contribution is -2.28. The minimum Gasteiger partial charge on any atom is -0.356 e. The fourth-order valence-electron chi connectivity index (χ4n) is 3.30. The first-order chi connectivity index (χ1) is 13.1. The van der Waals surface area contributed by atoms with E-state index in [1.165, 1.54) is 24.5 Å². The van der Waals surface area contributed by atoms with Crippen molar-refractivity contribution in [2.45, 2.75) is 19.4 Å². The number of amides is 1. The Morgan fingerprint density at radius 1 is 1.26 bits per heavy atom. The Kier molecular flexibility index (Phi) is 4.89. The molecule has 4 rings (SSSR count). The van der Waals surface area contributed by atoms with Crippen molar-refractivity contribution in [1.29, 1.82) is 0 Å². The maximum Gasteiger partial charge on any atom is 0.255 e. The Labute approximate surface area is 160 Å². The van der Waals surface area contributed by atoms with Gasteiger partial charge in [0.1, 0.15) is 18.0 Å². The van der Waals surface area contributed by atoms with Crippen LogP contribution in [0.3, 0.4) is 0 Å². The molecule has 9 heteroatoms. The summed E-state index contributed by atoms with van der Waals surface area (Å²) in [5.74, 6) is -0.305. The summed E-state index contributed by atoms with van der Waals surface area (Å²) in [5, 5.41) is 8.02. The van der Waals surface area contributed by atoms with E-state index in [0.29, 0.717) is 12.2 Å². The van der Waals surface area contributed by atoms with Gasteiger partial charge in [-0.25, -0.2) is 19.0 Å². The summed E-state index contributed by atoms with van der Waals surface area (Å²) in [4.78, 5) is 23.2. The van der Waals surface area contributed by atoms with Crippen LogP contribution in [0.5, 0.6) is 0 Å². The first-order valence-corrected chi connectivity index (χ1v) is 9.16. The molecule has 0 radical (unpaired) electrons. The first-order valence-electron chi connectivity index (χ1n) is 8.79. The number of anilines is 1. The van der Waals surface area contributed by atoms with Crippen molar-refractivity contribution in [3.05, 3.63) is 47.1 Å². The Morgan fingerprint density at radius 2 is 2.07 bits per heavy atom. The molecule has 7 nitrogen and oxygen atoms in total. The van der Waals surface area contributed by atoms with Gasteiger partial charge in [0.15, 0.2) is 5.65 Å². The smallest absolute Gasteiger partial charge is 0.255 e. The van der Waals surface area contributed by atoms with E-state index in [0.717, 1.165) is 37.1 Å². The van der Waals surface area contributed by atoms with E-state index < -0.39 is 11.7 Å². The van der Waals surface area contributed by atoms with Crippen molar-refractivity contribution in [3.8, 4) is 0 Å². The van der Waals surface area contributed by atoms with Gasteiger partial charge in [-0.3, -0.25) is 4.79 Å². The van der Waals surface area contributed by atoms with Gasteiger partial charge in [0.25, 0.3) is 5.91 Å². The topological polar surface area (TPSA) is 75.9 Å². The van der Waals surface area contributed by atoms with Gasteiger partial charge in [-0.05, 0) is 25.0 Å². The lowest BCUT2D eigenvalue weighted by atomic mass is 10.2. The summed E-state index contributed by atoms with van der Waals surface area (Å²) < 4.78 is 15.5. The Morgan fingerprint density at radius 3 is 2.85 bits per heavy atom. The molecular formula is C18H18ClFN6O. The average molecular weight is 389 g/mol. The predicted molar refractivity (Wildman–Crippen MR) is 101 cm³/mol. The zero-order valence-electron chi connectivity index (χ0n) is 14.5. The fraction of sp³-hybridized carbons (Fsp3) is 0.333. The molecule has 0 bridgehead atoms. The van der Waals surface area contributed by atoms with Crippen molar-refractivity contribution in [3.63, 3.8) is 0 Å². The predicted octanol–water partition coefficient (Wildman–Crippen LogP) is 2.65. The molecular weight excluding hydrogens is 371 g/mol. The van der Waals surface area contributed by atoms with Gasteiger partial charge in [0, 0.05) is 19.6 Å². The summed E-state index contributed by atoms with van der Waals surface area (Å²) in [6.07, 6.45) is 5.60. The maximum atomic E-state index is 13.8. The van der Waals surface area contributed by atoms with Crippen LogP contribution in [0.15, 0.2) is 30.7 Å². The largest absolute Gasteiger partial charge is 0.356 e. The summed E-state index contributed by atoms with van der Waals surface area (Å²) >= 11 is 5.92. The van der Waals surface area contributed by atoms with E-state index in [2.05, 4.69) is 25.3 Å². The van der Waals surface area contributed by atoms with E-state index in [-0.39, 0.29) is 17.1 Å². The van der Waals surface area contributed by atoms with Crippen LogP contribution in [0.4, 0.5) is 10.2 Å². The molecule has 1 amide bonds. The molecule has 1 aliphatic rings. The molecule has 2 aromatic heterocycles. The molecule has 140 valence electrons. The highest BCUT2D eigenvalue weighted by atomic mass is 35.5. The van der Waals surface area contributed by atoms with Gasteiger partial charge in [-0.2, -0.15) is 5.10 Å². The SMILES string of the molecule is O=C(NCCn1ncc2c(N3CCCC3)ncnc21)c1c(F)cccc1Cl. The van der Waals surface area contributed by atoms with Crippen LogP contribution in [-0.2, 0) is 6.54 Å². The van der Waals surface area contributed by atoms with Gasteiger partial charge in [-0.1, -0.05) is 17.7 Å². The number of hydrogen-bond acceptors (Lipinski definition) is 5. The number of nitrogens with one attached hydrogen (secondary N) is 1. The zero-order valence-corrected chi connectivity index (χ0v) is 15.3. The van der Waals surface area contributed by atoms with Crippen LogP contribution < -0.4 is 10.2 Å². The van der Waals surface area contributed by atoms with Gasteiger partial charge >= 0.3 is 0 Å². The fourth-order valence-corrected chi connectivity index (χ4v) is 3.55. The number of hydrogen-bond donors (Lipinski definition) is 1. The van der Waals surface area contributed by atoms with Gasteiger partial charge in [0.2, 0.25) is 0 Å². The number of carbonyl (C=O) groups excluding carboxylic acids is 1. The Balaban J connectivity index is 1.47. The molecule has 3 aromatic rings. The van der Waals surface area contributed by atoms with Crippen molar-refractivity contribution >= 4 is 34.4 Å². The van der Waals surface area contributed by atoms with Crippen LogP contribution in [-0.4, -0.2) is 45.3 Å². The monoisotopic (exact) mass is 388 g/mol. The van der Waals surface area contributed by atoms with Crippen molar-refractivity contribution in [2.75, 3.05) is 24.5 Å². The van der Waals surface area contributed by atoms with E-state index in [4.69, 9.17) is 11.6 Å². The number of aromatic nitrogens is 4. The standard InChI is InChI=1S/C18H18ClFN6O/c19-13-4-3-5-14(20)15(13)18(27)21-6-9-26-17-12(10-24-26)16(22-11-23-17)25-7-1-2-8-25/h3-5,10-11H,1-2,6-9H2,(H,21,27). The normalized spacial score (nSPS) is 14.1. The molecule has 1 fully saturated rings. The second-order valence-electron chi connectivity index (χ2n) is 6.35. The molecule has 0 saturated carbocycles. The minimum atomic E-state index is -0.646. The van der Waals surface area contributed by atoms with Crippen LogP contribution in [0.1, 0.15) is 23.2 Å².